The highest BCUT2D eigenvalue weighted by molar-refractivity contribution is 5.93. The molecule has 0 spiro atoms. The minimum absolute atomic E-state index is 0.104. The number of hydrazone groups is 1. The van der Waals surface area contributed by atoms with Gasteiger partial charge in [-0.1, -0.05) is 48.0 Å². The Morgan fingerprint density at radius 2 is 1.54 bits per heavy atom. The molecule has 0 unspecified atom stereocenters. The van der Waals surface area contributed by atoms with Crippen LogP contribution in [0.1, 0.15) is 37.3 Å². The van der Waals surface area contributed by atoms with Crippen molar-refractivity contribution >= 4 is 23.2 Å². The number of aryl methyl sites for hydroxylation is 2. The van der Waals surface area contributed by atoms with Crippen LogP contribution in [-0.4, -0.2) is 17.5 Å². The summed E-state index contributed by atoms with van der Waals surface area (Å²) >= 11 is 0. The first-order valence-electron chi connectivity index (χ1n) is 8.75. The molecule has 136 valence electrons. The average Bonchev–Trinajstić information content (AvgIpc) is 2.65. The summed E-state index contributed by atoms with van der Waals surface area (Å²) in [5.74, 6) is -0.447. The topological polar surface area (TPSA) is 70.6 Å². The molecular weight excluding hydrogens is 326 g/mol. The van der Waals surface area contributed by atoms with E-state index in [1.807, 2.05) is 56.3 Å². The molecule has 0 radical (unpaired) electrons. The number of carbonyl (C=O) groups is 2. The van der Waals surface area contributed by atoms with Gasteiger partial charge in [-0.3, -0.25) is 9.59 Å². The summed E-state index contributed by atoms with van der Waals surface area (Å²) in [4.78, 5) is 23.7. The fourth-order valence-electron chi connectivity index (χ4n) is 2.33. The summed E-state index contributed by atoms with van der Waals surface area (Å²) in [5, 5.41) is 6.87. The number of amides is 2. The summed E-state index contributed by atoms with van der Waals surface area (Å²) in [6, 6.07) is 17.7. The second-order valence-electron chi connectivity index (χ2n) is 6.28. The van der Waals surface area contributed by atoms with Crippen LogP contribution in [0.25, 0.3) is 0 Å². The molecule has 0 saturated carbocycles. The first-order chi connectivity index (χ1) is 12.5. The Labute approximate surface area is 154 Å². The summed E-state index contributed by atoms with van der Waals surface area (Å²) in [6.07, 6.45) is 1.88. The fraction of sp³-hybridized carbons (Fsp3) is 0.286. The molecule has 0 aliphatic heterocycles. The molecule has 2 rings (SSSR count). The van der Waals surface area contributed by atoms with Gasteiger partial charge in [0, 0.05) is 24.2 Å². The molecule has 5 heteroatoms. The molecule has 2 aromatic carbocycles. The Hall–Kier alpha value is -2.95. The Morgan fingerprint density at radius 1 is 0.885 bits per heavy atom. The van der Waals surface area contributed by atoms with E-state index in [2.05, 4.69) is 28.0 Å². The maximum absolute atomic E-state index is 11.9. The summed E-state index contributed by atoms with van der Waals surface area (Å²) in [6.45, 7) is 3.87. The van der Waals surface area contributed by atoms with E-state index in [-0.39, 0.29) is 24.7 Å². The number of anilines is 1. The standard InChI is InChI=1S/C21H25N3O2/c1-16-8-12-19(13-9-16)22-20(25)14-15-21(26)24-23-17(2)10-11-18-6-4-3-5-7-18/h3-9,12-13H,10-11,14-15H2,1-2H3,(H,22,25)(H,24,26). The van der Waals surface area contributed by atoms with Crippen molar-refractivity contribution in [1.29, 1.82) is 0 Å². The van der Waals surface area contributed by atoms with E-state index < -0.39 is 0 Å². The Morgan fingerprint density at radius 3 is 2.23 bits per heavy atom. The van der Waals surface area contributed by atoms with Gasteiger partial charge >= 0.3 is 0 Å². The van der Waals surface area contributed by atoms with Crippen LogP contribution in [0, 0.1) is 6.92 Å². The van der Waals surface area contributed by atoms with E-state index in [1.165, 1.54) is 5.56 Å². The van der Waals surface area contributed by atoms with Crippen LogP contribution in [0.2, 0.25) is 0 Å². The third kappa shape index (κ3) is 7.30. The van der Waals surface area contributed by atoms with Gasteiger partial charge < -0.3 is 5.32 Å². The second kappa shape index (κ2) is 10.1. The van der Waals surface area contributed by atoms with Gasteiger partial charge in [-0.15, -0.1) is 0 Å². The van der Waals surface area contributed by atoms with E-state index in [0.717, 1.165) is 29.8 Å². The fourth-order valence-corrected chi connectivity index (χ4v) is 2.33. The number of nitrogens with zero attached hydrogens (tertiary/aromatic N) is 1. The highest BCUT2D eigenvalue weighted by atomic mass is 16.2. The third-order valence-electron chi connectivity index (χ3n) is 3.90. The molecule has 0 atom stereocenters. The first-order valence-corrected chi connectivity index (χ1v) is 8.75. The minimum atomic E-state index is -0.261. The zero-order chi connectivity index (χ0) is 18.8. The molecule has 0 aromatic heterocycles. The maximum Gasteiger partial charge on any atom is 0.240 e. The van der Waals surface area contributed by atoms with E-state index in [9.17, 15) is 9.59 Å². The number of rotatable bonds is 8. The van der Waals surface area contributed by atoms with Crippen molar-refractivity contribution < 1.29 is 9.59 Å². The molecule has 0 saturated heterocycles. The quantitative estimate of drug-likeness (QED) is 0.560. The van der Waals surface area contributed by atoms with Crippen molar-refractivity contribution in [3.8, 4) is 0 Å². The summed E-state index contributed by atoms with van der Waals surface area (Å²) in [7, 11) is 0. The molecule has 0 aliphatic rings. The van der Waals surface area contributed by atoms with E-state index in [1.54, 1.807) is 0 Å². The minimum Gasteiger partial charge on any atom is -0.326 e. The van der Waals surface area contributed by atoms with Gasteiger partial charge in [0.15, 0.2) is 0 Å². The number of hydrogen-bond donors (Lipinski definition) is 2. The van der Waals surface area contributed by atoms with Crippen molar-refractivity contribution in [2.24, 2.45) is 5.10 Å². The zero-order valence-corrected chi connectivity index (χ0v) is 15.3. The van der Waals surface area contributed by atoms with Crippen LogP contribution < -0.4 is 10.7 Å². The van der Waals surface area contributed by atoms with Gasteiger partial charge in [0.25, 0.3) is 0 Å². The molecule has 2 N–H and O–H groups in total. The predicted molar refractivity (Wildman–Crippen MR) is 105 cm³/mol. The molecular formula is C21H25N3O2. The van der Waals surface area contributed by atoms with Crippen LogP contribution in [0.15, 0.2) is 59.7 Å². The van der Waals surface area contributed by atoms with Crippen LogP contribution in [0.5, 0.6) is 0 Å². The van der Waals surface area contributed by atoms with Crippen molar-refractivity contribution in [2.45, 2.75) is 39.5 Å². The molecule has 0 aliphatic carbocycles. The van der Waals surface area contributed by atoms with Gasteiger partial charge in [-0.2, -0.15) is 5.10 Å². The van der Waals surface area contributed by atoms with Crippen LogP contribution in [0.4, 0.5) is 5.69 Å². The van der Waals surface area contributed by atoms with Crippen molar-refractivity contribution in [1.82, 2.24) is 5.43 Å². The van der Waals surface area contributed by atoms with Gasteiger partial charge in [-0.25, -0.2) is 5.43 Å². The van der Waals surface area contributed by atoms with E-state index in [4.69, 9.17) is 0 Å². The molecule has 0 heterocycles. The monoisotopic (exact) mass is 351 g/mol. The maximum atomic E-state index is 11.9. The van der Waals surface area contributed by atoms with Crippen molar-refractivity contribution in [3.63, 3.8) is 0 Å². The SMILES string of the molecule is CC(CCc1ccccc1)=NNC(=O)CCC(=O)Nc1ccc(C)cc1. The van der Waals surface area contributed by atoms with Gasteiger partial charge in [0.05, 0.1) is 0 Å². The lowest BCUT2D eigenvalue weighted by atomic mass is 10.1. The largest absolute Gasteiger partial charge is 0.326 e. The van der Waals surface area contributed by atoms with Crippen molar-refractivity contribution in [2.75, 3.05) is 5.32 Å². The zero-order valence-electron chi connectivity index (χ0n) is 15.3. The Balaban J connectivity index is 1.67. The Kier molecular flexibility index (Phi) is 7.55. The normalized spacial score (nSPS) is 11.1. The Bertz CT molecular complexity index is 753. The van der Waals surface area contributed by atoms with Crippen molar-refractivity contribution in [3.05, 3.63) is 65.7 Å². The number of hydrogen-bond acceptors (Lipinski definition) is 3. The number of nitrogens with one attached hydrogen (secondary N) is 2. The van der Waals surface area contributed by atoms with Crippen LogP contribution in [0.3, 0.4) is 0 Å². The van der Waals surface area contributed by atoms with Gasteiger partial charge in [0.2, 0.25) is 11.8 Å². The predicted octanol–water partition coefficient (Wildman–Crippen LogP) is 3.84. The highest BCUT2D eigenvalue weighted by Crippen LogP contribution is 2.09. The van der Waals surface area contributed by atoms with Crippen LogP contribution >= 0.6 is 0 Å². The van der Waals surface area contributed by atoms with E-state index >= 15 is 0 Å². The molecule has 0 fully saturated rings. The smallest absolute Gasteiger partial charge is 0.240 e. The van der Waals surface area contributed by atoms with Gasteiger partial charge in [-0.05, 0) is 44.4 Å². The highest BCUT2D eigenvalue weighted by Gasteiger charge is 2.07. The average molecular weight is 351 g/mol. The third-order valence-corrected chi connectivity index (χ3v) is 3.90. The lowest BCUT2D eigenvalue weighted by Gasteiger charge is -2.06. The summed E-state index contributed by atoms with van der Waals surface area (Å²) in [5.41, 5.74) is 6.46. The second-order valence-corrected chi connectivity index (χ2v) is 6.28. The van der Waals surface area contributed by atoms with Crippen LogP contribution in [-0.2, 0) is 16.0 Å². The van der Waals surface area contributed by atoms with E-state index in [0.29, 0.717) is 0 Å². The number of benzene rings is 2. The molecule has 5 nitrogen and oxygen atoms in total. The number of carbonyl (C=O) groups excluding carboxylic acids is 2. The molecule has 26 heavy (non-hydrogen) atoms. The van der Waals surface area contributed by atoms with Gasteiger partial charge in [0.1, 0.15) is 0 Å². The first kappa shape index (κ1) is 19.4. The summed E-state index contributed by atoms with van der Waals surface area (Å²) < 4.78 is 0. The lowest BCUT2D eigenvalue weighted by molar-refractivity contribution is -0.124. The molecule has 2 amide bonds. The molecule has 0 bridgehead atoms. The molecule has 2 aromatic rings. The lowest BCUT2D eigenvalue weighted by Crippen LogP contribution is -2.21.